The molecule has 2 heterocycles. The van der Waals surface area contributed by atoms with Crippen LogP contribution in [0.1, 0.15) is 28.8 Å². The molecule has 0 saturated carbocycles. The van der Waals surface area contributed by atoms with E-state index in [9.17, 15) is 9.59 Å². The third-order valence-electron chi connectivity index (χ3n) is 5.73. The fraction of sp³-hybridized carbons (Fsp3) is 0.333. The molecule has 0 radical (unpaired) electrons. The number of hydrogen-bond donors (Lipinski definition) is 1. The van der Waals surface area contributed by atoms with Gasteiger partial charge in [-0.2, -0.15) is 0 Å². The maximum atomic E-state index is 12.5. The average molecular weight is 423 g/mol. The van der Waals surface area contributed by atoms with Gasteiger partial charge in [-0.05, 0) is 61.9 Å². The first kappa shape index (κ1) is 20.7. The summed E-state index contributed by atoms with van der Waals surface area (Å²) in [5.41, 5.74) is 1.35. The second-order valence-electron chi connectivity index (χ2n) is 7.73. The van der Waals surface area contributed by atoms with E-state index in [1.165, 1.54) is 10.5 Å². The highest BCUT2D eigenvalue weighted by molar-refractivity contribution is 7.98. The van der Waals surface area contributed by atoms with Crippen LogP contribution in [-0.2, 0) is 6.54 Å². The van der Waals surface area contributed by atoms with Crippen LogP contribution in [0.25, 0.3) is 11.0 Å². The maximum Gasteiger partial charge on any atom is 0.349 e. The Morgan fingerprint density at radius 2 is 1.87 bits per heavy atom. The quantitative estimate of drug-likeness (QED) is 0.477. The molecule has 4 rings (SSSR count). The number of likely N-dealkylation sites (tertiary alicyclic amines) is 1. The third kappa shape index (κ3) is 4.77. The number of nitrogens with zero attached hydrogens (tertiary/aromatic N) is 1. The molecular weight excluding hydrogens is 396 g/mol. The van der Waals surface area contributed by atoms with Crippen LogP contribution in [0.15, 0.2) is 68.7 Å². The summed E-state index contributed by atoms with van der Waals surface area (Å²) >= 11 is 1.79. The van der Waals surface area contributed by atoms with Gasteiger partial charge in [0.1, 0.15) is 11.1 Å². The summed E-state index contributed by atoms with van der Waals surface area (Å²) in [7, 11) is 0. The Bertz CT molecular complexity index is 1090. The zero-order chi connectivity index (χ0) is 20.9. The van der Waals surface area contributed by atoms with Gasteiger partial charge in [0.15, 0.2) is 0 Å². The van der Waals surface area contributed by atoms with E-state index >= 15 is 0 Å². The van der Waals surface area contributed by atoms with Crippen LogP contribution >= 0.6 is 11.8 Å². The third-order valence-corrected chi connectivity index (χ3v) is 6.57. The van der Waals surface area contributed by atoms with Gasteiger partial charge < -0.3 is 9.73 Å². The Balaban J connectivity index is 1.30. The summed E-state index contributed by atoms with van der Waals surface area (Å²) < 4.78 is 5.27. The molecule has 1 aliphatic rings. The number of carbonyl (C=O) groups excluding carboxylic acids is 1. The summed E-state index contributed by atoms with van der Waals surface area (Å²) in [4.78, 5) is 28.5. The number of carbonyl (C=O) groups is 1. The van der Waals surface area contributed by atoms with Gasteiger partial charge in [-0.15, -0.1) is 11.8 Å². The number of benzene rings is 2. The molecule has 5 nitrogen and oxygen atoms in total. The Labute approximate surface area is 180 Å². The lowest BCUT2D eigenvalue weighted by atomic mass is 9.96. The molecule has 30 heavy (non-hydrogen) atoms. The summed E-state index contributed by atoms with van der Waals surface area (Å²) in [5.74, 6) is 0.0688. The fourth-order valence-electron chi connectivity index (χ4n) is 3.98. The molecule has 156 valence electrons. The number of amides is 1. The van der Waals surface area contributed by atoms with Crippen LogP contribution < -0.4 is 10.9 Å². The predicted octanol–water partition coefficient (Wildman–Crippen LogP) is 4.16. The largest absolute Gasteiger partial charge is 0.422 e. The Hall–Kier alpha value is -2.57. The lowest BCUT2D eigenvalue weighted by molar-refractivity contribution is 0.0931. The smallest absolute Gasteiger partial charge is 0.349 e. The van der Waals surface area contributed by atoms with Crippen molar-refractivity contribution in [2.75, 3.05) is 25.9 Å². The molecule has 0 atom stereocenters. The van der Waals surface area contributed by atoms with Gasteiger partial charge in [-0.3, -0.25) is 9.69 Å². The van der Waals surface area contributed by atoms with E-state index in [4.69, 9.17) is 4.42 Å². The van der Waals surface area contributed by atoms with Gasteiger partial charge in [0, 0.05) is 23.4 Å². The summed E-state index contributed by atoms with van der Waals surface area (Å²) in [6.45, 7) is 3.58. The van der Waals surface area contributed by atoms with Crippen LogP contribution in [-0.4, -0.2) is 36.7 Å². The van der Waals surface area contributed by atoms with Gasteiger partial charge in [-0.25, -0.2) is 4.79 Å². The van der Waals surface area contributed by atoms with Gasteiger partial charge in [0.05, 0.1) is 0 Å². The van der Waals surface area contributed by atoms with Crippen LogP contribution in [0.5, 0.6) is 0 Å². The molecule has 1 aliphatic heterocycles. The van der Waals surface area contributed by atoms with Crippen LogP contribution in [0.3, 0.4) is 0 Å². The number of para-hydroxylation sites is 1. The van der Waals surface area contributed by atoms with E-state index in [2.05, 4.69) is 40.7 Å². The minimum absolute atomic E-state index is 0.0693. The summed E-state index contributed by atoms with van der Waals surface area (Å²) in [6, 6.07) is 17.4. The van der Waals surface area contributed by atoms with Crippen molar-refractivity contribution in [1.82, 2.24) is 10.2 Å². The Morgan fingerprint density at radius 3 is 2.67 bits per heavy atom. The van der Waals surface area contributed by atoms with Crippen molar-refractivity contribution in [3.63, 3.8) is 0 Å². The molecule has 1 amide bonds. The molecule has 0 unspecified atom stereocenters. The lowest BCUT2D eigenvalue weighted by Crippen LogP contribution is -2.39. The van der Waals surface area contributed by atoms with E-state index < -0.39 is 5.63 Å². The summed E-state index contributed by atoms with van der Waals surface area (Å²) in [6.07, 6.45) is 4.19. The topological polar surface area (TPSA) is 62.6 Å². The summed E-state index contributed by atoms with van der Waals surface area (Å²) in [5, 5.41) is 3.69. The van der Waals surface area contributed by atoms with Crippen LogP contribution in [0.4, 0.5) is 0 Å². The molecule has 1 fully saturated rings. The molecule has 1 N–H and O–H groups in total. The van der Waals surface area contributed by atoms with Gasteiger partial charge in [0.2, 0.25) is 0 Å². The van der Waals surface area contributed by atoms with Crippen LogP contribution in [0, 0.1) is 5.92 Å². The highest BCUT2D eigenvalue weighted by Gasteiger charge is 2.21. The highest BCUT2D eigenvalue weighted by Crippen LogP contribution is 2.24. The SMILES string of the molecule is CSc1ccccc1CN1CCC(CNC(=O)c2cc3ccccc3oc2=O)CC1. The van der Waals surface area contributed by atoms with Crippen molar-refractivity contribution < 1.29 is 9.21 Å². The van der Waals surface area contributed by atoms with Gasteiger partial charge in [0.25, 0.3) is 5.91 Å². The highest BCUT2D eigenvalue weighted by atomic mass is 32.2. The zero-order valence-corrected chi connectivity index (χ0v) is 17.9. The van der Waals surface area contributed by atoms with Crippen molar-refractivity contribution in [1.29, 1.82) is 0 Å². The minimum Gasteiger partial charge on any atom is -0.422 e. The molecule has 6 heteroatoms. The molecule has 0 aliphatic carbocycles. The van der Waals surface area contributed by atoms with Crippen molar-refractivity contribution in [2.24, 2.45) is 5.92 Å². The molecule has 0 spiro atoms. The van der Waals surface area contributed by atoms with Crippen molar-refractivity contribution >= 4 is 28.6 Å². The number of piperidine rings is 1. The minimum atomic E-state index is -0.589. The Morgan fingerprint density at radius 1 is 1.13 bits per heavy atom. The predicted molar refractivity (Wildman–Crippen MR) is 121 cm³/mol. The lowest BCUT2D eigenvalue weighted by Gasteiger charge is -2.32. The second-order valence-corrected chi connectivity index (χ2v) is 8.57. The number of nitrogens with one attached hydrogen (secondary N) is 1. The normalized spacial score (nSPS) is 15.4. The van der Waals surface area contributed by atoms with E-state index in [1.807, 2.05) is 12.1 Å². The van der Waals surface area contributed by atoms with Gasteiger partial charge >= 0.3 is 5.63 Å². The molecule has 1 saturated heterocycles. The number of thioether (sulfide) groups is 1. The zero-order valence-electron chi connectivity index (χ0n) is 17.1. The molecule has 1 aromatic heterocycles. The molecular formula is C24H26N2O3S. The van der Waals surface area contributed by atoms with Crippen molar-refractivity contribution in [3.05, 3.63) is 76.1 Å². The molecule has 0 bridgehead atoms. The van der Waals surface area contributed by atoms with Crippen molar-refractivity contribution in [2.45, 2.75) is 24.3 Å². The Kier molecular flexibility index (Phi) is 6.55. The van der Waals surface area contributed by atoms with E-state index in [-0.39, 0.29) is 11.5 Å². The van der Waals surface area contributed by atoms with E-state index in [0.29, 0.717) is 18.0 Å². The number of fused-ring (bicyclic) bond motifs is 1. The average Bonchev–Trinajstić information content (AvgIpc) is 2.78. The maximum absolute atomic E-state index is 12.5. The number of rotatable bonds is 6. The first-order chi connectivity index (χ1) is 14.6. The van der Waals surface area contributed by atoms with Crippen molar-refractivity contribution in [3.8, 4) is 0 Å². The fourth-order valence-corrected chi connectivity index (χ4v) is 4.59. The first-order valence-electron chi connectivity index (χ1n) is 10.3. The first-order valence-corrected chi connectivity index (χ1v) is 11.5. The van der Waals surface area contributed by atoms with Crippen LogP contribution in [0.2, 0.25) is 0 Å². The molecule has 3 aromatic rings. The number of hydrogen-bond acceptors (Lipinski definition) is 5. The monoisotopic (exact) mass is 422 g/mol. The standard InChI is InChI=1S/C24H26N2O3S/c1-30-22-9-5-3-7-19(22)16-26-12-10-17(11-13-26)15-25-23(27)20-14-18-6-2-4-8-21(18)29-24(20)28/h2-9,14,17H,10-13,15-16H2,1H3,(H,25,27). The van der Waals surface area contributed by atoms with E-state index in [1.54, 1.807) is 30.0 Å². The molecule has 2 aromatic carbocycles. The van der Waals surface area contributed by atoms with E-state index in [0.717, 1.165) is 37.9 Å². The second kappa shape index (κ2) is 9.49. The van der Waals surface area contributed by atoms with Gasteiger partial charge in [-0.1, -0.05) is 36.4 Å².